The number of aromatic amines is 1. The SMILES string of the molecule is CC(C)c1ccc(S(=O)(=O)N2CCN(C(=O)c3cc4ccccc4c(=O)[nH]3)CC2)cc1. The van der Waals surface area contributed by atoms with Gasteiger partial charge in [-0.2, -0.15) is 4.31 Å². The van der Waals surface area contributed by atoms with Crippen LogP contribution in [-0.4, -0.2) is 54.7 Å². The Labute approximate surface area is 181 Å². The fraction of sp³-hybridized carbons (Fsp3) is 0.304. The van der Waals surface area contributed by atoms with E-state index in [1.54, 1.807) is 41.3 Å². The van der Waals surface area contributed by atoms with Gasteiger partial charge in [-0.25, -0.2) is 8.42 Å². The fourth-order valence-corrected chi connectivity index (χ4v) is 5.22. The Morgan fingerprint density at radius 1 is 0.968 bits per heavy atom. The zero-order valence-electron chi connectivity index (χ0n) is 17.5. The van der Waals surface area contributed by atoms with Crippen molar-refractivity contribution in [2.75, 3.05) is 26.2 Å². The highest BCUT2D eigenvalue weighted by atomic mass is 32.2. The van der Waals surface area contributed by atoms with Crippen LogP contribution in [0.2, 0.25) is 0 Å². The minimum absolute atomic E-state index is 0.206. The maximum Gasteiger partial charge on any atom is 0.270 e. The number of hydrogen-bond acceptors (Lipinski definition) is 4. The lowest BCUT2D eigenvalue weighted by atomic mass is 10.0. The quantitative estimate of drug-likeness (QED) is 0.677. The first-order chi connectivity index (χ1) is 14.8. The molecule has 0 aliphatic carbocycles. The number of nitrogens with zero attached hydrogens (tertiary/aromatic N) is 2. The molecule has 2 heterocycles. The molecule has 1 amide bonds. The lowest BCUT2D eigenvalue weighted by Crippen LogP contribution is -2.50. The van der Waals surface area contributed by atoms with Gasteiger partial charge in [0.25, 0.3) is 11.5 Å². The van der Waals surface area contributed by atoms with Gasteiger partial charge in [-0.05, 0) is 41.1 Å². The lowest BCUT2D eigenvalue weighted by Gasteiger charge is -2.34. The van der Waals surface area contributed by atoms with Crippen molar-refractivity contribution >= 4 is 26.7 Å². The molecule has 0 unspecified atom stereocenters. The van der Waals surface area contributed by atoms with Crippen LogP contribution in [0.15, 0.2) is 64.3 Å². The van der Waals surface area contributed by atoms with Gasteiger partial charge in [0.2, 0.25) is 10.0 Å². The number of piperazine rings is 1. The summed E-state index contributed by atoms with van der Waals surface area (Å²) in [6.45, 7) is 5.05. The molecule has 162 valence electrons. The molecular weight excluding hydrogens is 414 g/mol. The first-order valence-corrected chi connectivity index (χ1v) is 11.7. The molecule has 0 saturated carbocycles. The van der Waals surface area contributed by atoms with E-state index in [9.17, 15) is 18.0 Å². The van der Waals surface area contributed by atoms with E-state index < -0.39 is 10.0 Å². The number of sulfonamides is 1. The normalized spacial score (nSPS) is 15.5. The van der Waals surface area contributed by atoms with E-state index in [0.29, 0.717) is 16.7 Å². The Balaban J connectivity index is 1.48. The van der Waals surface area contributed by atoms with Crippen LogP contribution in [0.3, 0.4) is 0 Å². The summed E-state index contributed by atoms with van der Waals surface area (Å²) in [6, 6.07) is 15.7. The summed E-state index contributed by atoms with van der Waals surface area (Å²) in [6.07, 6.45) is 0. The van der Waals surface area contributed by atoms with E-state index in [0.717, 1.165) is 5.56 Å². The number of H-pyrrole nitrogens is 1. The highest BCUT2D eigenvalue weighted by molar-refractivity contribution is 7.89. The number of carbonyl (C=O) groups excluding carboxylic acids is 1. The Bertz CT molecular complexity index is 1270. The van der Waals surface area contributed by atoms with Crippen molar-refractivity contribution in [1.29, 1.82) is 0 Å². The van der Waals surface area contributed by atoms with Gasteiger partial charge in [0.1, 0.15) is 5.69 Å². The van der Waals surface area contributed by atoms with Crippen LogP contribution in [0.1, 0.15) is 35.8 Å². The first kappa shape index (κ1) is 21.3. The second-order valence-corrected chi connectivity index (χ2v) is 9.96. The van der Waals surface area contributed by atoms with Crippen molar-refractivity contribution in [3.8, 4) is 0 Å². The molecule has 0 atom stereocenters. The molecule has 0 spiro atoms. The van der Waals surface area contributed by atoms with Gasteiger partial charge in [0.05, 0.1) is 4.90 Å². The number of fused-ring (bicyclic) bond motifs is 1. The topological polar surface area (TPSA) is 90.6 Å². The summed E-state index contributed by atoms with van der Waals surface area (Å²) in [4.78, 5) is 29.7. The van der Waals surface area contributed by atoms with Gasteiger partial charge in [0.15, 0.2) is 0 Å². The van der Waals surface area contributed by atoms with Crippen LogP contribution in [0.5, 0.6) is 0 Å². The van der Waals surface area contributed by atoms with E-state index in [2.05, 4.69) is 18.8 Å². The number of hydrogen-bond donors (Lipinski definition) is 1. The second-order valence-electron chi connectivity index (χ2n) is 8.02. The highest BCUT2D eigenvalue weighted by Crippen LogP contribution is 2.22. The van der Waals surface area contributed by atoms with E-state index in [1.165, 1.54) is 4.31 Å². The zero-order chi connectivity index (χ0) is 22.2. The first-order valence-electron chi connectivity index (χ1n) is 10.3. The van der Waals surface area contributed by atoms with Gasteiger partial charge < -0.3 is 9.88 Å². The summed E-state index contributed by atoms with van der Waals surface area (Å²) in [5, 5.41) is 1.22. The molecule has 1 aliphatic rings. The predicted octanol–water partition coefficient (Wildman–Crippen LogP) is 2.80. The summed E-state index contributed by atoms with van der Waals surface area (Å²) in [7, 11) is -3.62. The van der Waals surface area contributed by atoms with Crippen molar-refractivity contribution in [2.24, 2.45) is 0 Å². The van der Waals surface area contributed by atoms with E-state index in [1.807, 2.05) is 18.2 Å². The fourth-order valence-electron chi connectivity index (χ4n) is 3.80. The molecular formula is C23H25N3O4S. The minimum Gasteiger partial charge on any atom is -0.335 e. The largest absolute Gasteiger partial charge is 0.335 e. The zero-order valence-corrected chi connectivity index (χ0v) is 18.4. The molecule has 1 aliphatic heterocycles. The number of rotatable bonds is 4. The van der Waals surface area contributed by atoms with Gasteiger partial charge in [-0.15, -0.1) is 0 Å². The van der Waals surface area contributed by atoms with Crippen molar-refractivity contribution in [3.63, 3.8) is 0 Å². The number of nitrogens with one attached hydrogen (secondary N) is 1. The third kappa shape index (κ3) is 4.13. The molecule has 0 bridgehead atoms. The van der Waals surface area contributed by atoms with Gasteiger partial charge in [-0.1, -0.05) is 44.2 Å². The van der Waals surface area contributed by atoms with Gasteiger partial charge in [0, 0.05) is 31.6 Å². The molecule has 7 nitrogen and oxygen atoms in total. The average molecular weight is 440 g/mol. The molecule has 1 fully saturated rings. The number of benzene rings is 2. The van der Waals surface area contributed by atoms with Gasteiger partial charge in [-0.3, -0.25) is 9.59 Å². The van der Waals surface area contributed by atoms with Crippen LogP contribution >= 0.6 is 0 Å². The van der Waals surface area contributed by atoms with Crippen molar-refractivity contribution in [2.45, 2.75) is 24.7 Å². The molecule has 1 saturated heterocycles. The van der Waals surface area contributed by atoms with E-state index in [4.69, 9.17) is 0 Å². The molecule has 31 heavy (non-hydrogen) atoms. The maximum absolute atomic E-state index is 13.0. The smallest absolute Gasteiger partial charge is 0.270 e. The summed E-state index contributed by atoms with van der Waals surface area (Å²) in [5.74, 6) is 0.0223. The van der Waals surface area contributed by atoms with Crippen LogP contribution < -0.4 is 5.56 Å². The summed E-state index contributed by atoms with van der Waals surface area (Å²) < 4.78 is 27.4. The minimum atomic E-state index is -3.62. The van der Waals surface area contributed by atoms with Crippen LogP contribution in [0.25, 0.3) is 10.8 Å². The molecule has 4 rings (SSSR count). The third-order valence-corrected chi connectivity index (χ3v) is 7.61. The highest BCUT2D eigenvalue weighted by Gasteiger charge is 2.30. The molecule has 0 radical (unpaired) electrons. The molecule has 8 heteroatoms. The number of amides is 1. The Morgan fingerprint density at radius 3 is 2.26 bits per heavy atom. The Morgan fingerprint density at radius 2 is 1.61 bits per heavy atom. The number of carbonyl (C=O) groups is 1. The van der Waals surface area contributed by atoms with Crippen LogP contribution in [-0.2, 0) is 10.0 Å². The molecule has 1 N–H and O–H groups in total. The predicted molar refractivity (Wildman–Crippen MR) is 120 cm³/mol. The third-order valence-electron chi connectivity index (χ3n) is 5.69. The number of aromatic nitrogens is 1. The maximum atomic E-state index is 13.0. The van der Waals surface area contributed by atoms with Crippen LogP contribution in [0, 0.1) is 0 Å². The lowest BCUT2D eigenvalue weighted by molar-refractivity contribution is 0.0692. The Hall–Kier alpha value is -2.97. The summed E-state index contributed by atoms with van der Waals surface area (Å²) in [5.41, 5.74) is 0.982. The summed E-state index contributed by atoms with van der Waals surface area (Å²) >= 11 is 0. The van der Waals surface area contributed by atoms with Gasteiger partial charge >= 0.3 is 0 Å². The standard InChI is InChI=1S/C23H25N3O4S/c1-16(2)17-7-9-19(10-8-17)31(29,30)26-13-11-25(12-14-26)23(28)21-15-18-5-3-4-6-20(18)22(27)24-21/h3-10,15-16H,11-14H2,1-2H3,(H,24,27). The average Bonchev–Trinajstić information content (AvgIpc) is 2.78. The second kappa shape index (κ2) is 8.28. The van der Waals surface area contributed by atoms with Crippen molar-refractivity contribution < 1.29 is 13.2 Å². The van der Waals surface area contributed by atoms with E-state index in [-0.39, 0.29) is 48.2 Å². The molecule has 2 aromatic carbocycles. The molecule has 3 aromatic rings. The monoisotopic (exact) mass is 439 g/mol. The van der Waals surface area contributed by atoms with Crippen LogP contribution in [0.4, 0.5) is 0 Å². The van der Waals surface area contributed by atoms with Crippen molar-refractivity contribution in [3.05, 3.63) is 76.2 Å². The van der Waals surface area contributed by atoms with Crippen molar-refractivity contribution in [1.82, 2.24) is 14.2 Å². The number of pyridine rings is 1. The Kier molecular flexibility index (Phi) is 5.68. The van der Waals surface area contributed by atoms with E-state index >= 15 is 0 Å². The molecule has 1 aromatic heterocycles.